The van der Waals surface area contributed by atoms with E-state index in [1.807, 2.05) is 6.07 Å². The summed E-state index contributed by atoms with van der Waals surface area (Å²) >= 11 is 0. The van der Waals surface area contributed by atoms with Gasteiger partial charge in [-0.15, -0.1) is 0 Å². The van der Waals surface area contributed by atoms with E-state index in [1.54, 1.807) is 19.2 Å². The van der Waals surface area contributed by atoms with Crippen molar-refractivity contribution in [2.24, 2.45) is 0 Å². The van der Waals surface area contributed by atoms with E-state index in [-0.39, 0.29) is 0 Å². The molecular weight excluding hydrogens is 178 g/mol. The van der Waals surface area contributed by atoms with Crippen LogP contribution in [0.2, 0.25) is 0 Å². The van der Waals surface area contributed by atoms with Crippen LogP contribution in [0, 0.1) is 0 Å². The summed E-state index contributed by atoms with van der Waals surface area (Å²) in [6.45, 7) is 0.781. The van der Waals surface area contributed by atoms with Gasteiger partial charge in [-0.25, -0.2) is 0 Å². The Kier molecular flexibility index (Phi) is 3.01. The Morgan fingerprint density at radius 3 is 2.43 bits per heavy atom. The molecule has 0 amide bonds. The lowest BCUT2D eigenvalue weighted by Gasteiger charge is -2.24. The third-order valence-corrected chi connectivity index (χ3v) is 1.93. The highest BCUT2D eigenvalue weighted by Crippen LogP contribution is 2.24. The SMILES string of the molecule is COc1ccc(O)c(C[N+](C)(C)C)c1. The number of hydrogen-bond donors (Lipinski definition) is 1. The van der Waals surface area contributed by atoms with Crippen molar-refractivity contribution in [3.8, 4) is 11.5 Å². The average Bonchev–Trinajstić information content (AvgIpc) is 2.06. The second-order valence-electron chi connectivity index (χ2n) is 4.44. The van der Waals surface area contributed by atoms with Gasteiger partial charge >= 0.3 is 0 Å². The van der Waals surface area contributed by atoms with Crippen LogP contribution in [0.4, 0.5) is 0 Å². The molecule has 14 heavy (non-hydrogen) atoms. The molecule has 0 spiro atoms. The molecule has 1 rings (SSSR count). The standard InChI is InChI=1S/C11H17NO2/c1-12(2,3)8-9-7-10(14-4)5-6-11(9)13/h5-7H,8H2,1-4H3/p+1. The highest BCUT2D eigenvalue weighted by Gasteiger charge is 2.12. The van der Waals surface area contributed by atoms with E-state index in [1.165, 1.54) is 0 Å². The van der Waals surface area contributed by atoms with Gasteiger partial charge in [0, 0.05) is 0 Å². The van der Waals surface area contributed by atoms with Crippen LogP contribution in [0.3, 0.4) is 0 Å². The number of hydrogen-bond acceptors (Lipinski definition) is 2. The number of phenols is 1. The summed E-state index contributed by atoms with van der Waals surface area (Å²) in [5.74, 6) is 1.12. The van der Waals surface area contributed by atoms with Gasteiger partial charge in [-0.2, -0.15) is 0 Å². The van der Waals surface area contributed by atoms with Gasteiger partial charge < -0.3 is 14.3 Å². The summed E-state index contributed by atoms with van der Waals surface area (Å²) in [4.78, 5) is 0. The molecule has 0 aliphatic rings. The van der Waals surface area contributed by atoms with Crippen LogP contribution in [0.15, 0.2) is 18.2 Å². The number of rotatable bonds is 3. The van der Waals surface area contributed by atoms with E-state index in [9.17, 15) is 5.11 Å². The highest BCUT2D eigenvalue weighted by atomic mass is 16.5. The van der Waals surface area contributed by atoms with Gasteiger partial charge in [0.05, 0.1) is 33.8 Å². The third kappa shape index (κ3) is 2.92. The van der Waals surface area contributed by atoms with Gasteiger partial charge in [0.1, 0.15) is 18.0 Å². The van der Waals surface area contributed by atoms with Gasteiger partial charge in [-0.3, -0.25) is 0 Å². The summed E-state index contributed by atoms with van der Waals surface area (Å²) < 4.78 is 5.88. The number of benzene rings is 1. The Morgan fingerprint density at radius 1 is 1.29 bits per heavy atom. The van der Waals surface area contributed by atoms with Crippen LogP contribution in [0.1, 0.15) is 5.56 Å². The van der Waals surface area contributed by atoms with Crippen molar-refractivity contribution in [3.05, 3.63) is 23.8 Å². The molecule has 0 atom stereocenters. The maximum absolute atomic E-state index is 9.63. The summed E-state index contributed by atoms with van der Waals surface area (Å²) in [7, 11) is 7.87. The Morgan fingerprint density at radius 2 is 1.93 bits per heavy atom. The van der Waals surface area contributed by atoms with Gasteiger partial charge in [0.25, 0.3) is 0 Å². The second kappa shape index (κ2) is 3.88. The maximum Gasteiger partial charge on any atom is 0.124 e. The van der Waals surface area contributed by atoms with Crippen molar-refractivity contribution in [1.29, 1.82) is 0 Å². The minimum atomic E-state index is 0.332. The molecule has 3 nitrogen and oxygen atoms in total. The van der Waals surface area contributed by atoms with Crippen molar-refractivity contribution >= 4 is 0 Å². The summed E-state index contributed by atoms with van der Waals surface area (Å²) in [6.07, 6.45) is 0. The van der Waals surface area contributed by atoms with Crippen molar-refractivity contribution in [2.45, 2.75) is 6.54 Å². The number of aromatic hydroxyl groups is 1. The summed E-state index contributed by atoms with van der Waals surface area (Å²) in [6, 6.07) is 5.30. The predicted molar refractivity (Wildman–Crippen MR) is 56.4 cm³/mol. The van der Waals surface area contributed by atoms with E-state index in [0.29, 0.717) is 5.75 Å². The minimum Gasteiger partial charge on any atom is -0.507 e. The molecule has 0 aromatic heterocycles. The Balaban J connectivity index is 2.95. The number of nitrogens with zero attached hydrogens (tertiary/aromatic N) is 1. The summed E-state index contributed by atoms with van der Waals surface area (Å²) in [5, 5.41) is 9.63. The van der Waals surface area contributed by atoms with Crippen molar-refractivity contribution < 1.29 is 14.3 Å². The predicted octanol–water partition coefficient (Wildman–Crippen LogP) is 1.61. The van der Waals surface area contributed by atoms with Gasteiger partial charge in [-0.05, 0) is 18.2 Å². The topological polar surface area (TPSA) is 29.5 Å². The molecule has 0 saturated carbocycles. The first-order valence-corrected chi connectivity index (χ1v) is 4.59. The zero-order valence-electron chi connectivity index (χ0n) is 9.24. The van der Waals surface area contributed by atoms with Gasteiger partial charge in [0.2, 0.25) is 0 Å². The van der Waals surface area contributed by atoms with E-state index >= 15 is 0 Å². The molecule has 0 aliphatic carbocycles. The fourth-order valence-electron chi connectivity index (χ4n) is 1.33. The van der Waals surface area contributed by atoms with Crippen LogP contribution in [-0.4, -0.2) is 37.8 Å². The Labute approximate surface area is 85.1 Å². The first-order chi connectivity index (χ1) is 6.42. The highest BCUT2D eigenvalue weighted by molar-refractivity contribution is 5.38. The number of quaternary nitrogens is 1. The molecule has 0 bridgehead atoms. The number of ether oxygens (including phenoxy) is 1. The molecule has 78 valence electrons. The smallest absolute Gasteiger partial charge is 0.124 e. The maximum atomic E-state index is 9.63. The Bertz CT molecular complexity index is 316. The minimum absolute atomic E-state index is 0.332. The third-order valence-electron chi connectivity index (χ3n) is 1.93. The molecule has 1 aromatic carbocycles. The average molecular weight is 196 g/mol. The first kappa shape index (κ1) is 10.9. The molecule has 1 aromatic rings. The largest absolute Gasteiger partial charge is 0.507 e. The lowest BCUT2D eigenvalue weighted by molar-refractivity contribution is -0.884. The Hall–Kier alpha value is -1.22. The normalized spacial score (nSPS) is 11.4. The van der Waals surface area contributed by atoms with Gasteiger partial charge in [-0.1, -0.05) is 0 Å². The molecule has 0 aliphatic heterocycles. The second-order valence-corrected chi connectivity index (χ2v) is 4.44. The molecule has 0 unspecified atom stereocenters. The van der Waals surface area contributed by atoms with Crippen LogP contribution in [0.25, 0.3) is 0 Å². The van der Waals surface area contributed by atoms with E-state index in [4.69, 9.17) is 4.74 Å². The van der Waals surface area contributed by atoms with E-state index < -0.39 is 0 Å². The molecule has 3 heteroatoms. The van der Waals surface area contributed by atoms with Crippen molar-refractivity contribution in [3.63, 3.8) is 0 Å². The van der Waals surface area contributed by atoms with E-state index in [2.05, 4.69) is 21.1 Å². The fourth-order valence-corrected chi connectivity index (χ4v) is 1.33. The quantitative estimate of drug-likeness (QED) is 0.744. The lowest BCUT2D eigenvalue weighted by Crippen LogP contribution is -2.33. The molecule has 0 fully saturated rings. The van der Waals surface area contributed by atoms with Crippen LogP contribution < -0.4 is 4.74 Å². The molecule has 0 saturated heterocycles. The monoisotopic (exact) mass is 196 g/mol. The van der Waals surface area contributed by atoms with Gasteiger partial charge in [0.15, 0.2) is 0 Å². The number of methoxy groups -OCH3 is 1. The number of phenolic OH excluding ortho intramolecular Hbond substituents is 1. The van der Waals surface area contributed by atoms with E-state index in [0.717, 1.165) is 22.3 Å². The zero-order valence-corrected chi connectivity index (χ0v) is 9.24. The first-order valence-electron chi connectivity index (χ1n) is 4.59. The van der Waals surface area contributed by atoms with Crippen molar-refractivity contribution in [1.82, 2.24) is 0 Å². The summed E-state index contributed by atoms with van der Waals surface area (Å²) in [5.41, 5.74) is 0.914. The van der Waals surface area contributed by atoms with Crippen LogP contribution >= 0.6 is 0 Å². The zero-order chi connectivity index (χ0) is 10.8. The lowest BCUT2D eigenvalue weighted by atomic mass is 10.1. The molecule has 0 heterocycles. The van der Waals surface area contributed by atoms with Crippen molar-refractivity contribution in [2.75, 3.05) is 28.3 Å². The molecule has 0 radical (unpaired) electrons. The molecular formula is C11H18NO2+. The van der Waals surface area contributed by atoms with Crippen LogP contribution in [-0.2, 0) is 6.54 Å². The van der Waals surface area contributed by atoms with Crippen LogP contribution in [0.5, 0.6) is 11.5 Å². The fraction of sp³-hybridized carbons (Fsp3) is 0.455. The molecule has 1 N–H and O–H groups in total.